The van der Waals surface area contributed by atoms with E-state index in [1.165, 1.54) is 23.1 Å². The Morgan fingerprint density at radius 1 is 1.08 bits per heavy atom. The van der Waals surface area contributed by atoms with Gasteiger partial charge < -0.3 is 10.1 Å². The quantitative estimate of drug-likeness (QED) is 0.186. The van der Waals surface area contributed by atoms with Crippen LogP contribution >= 0.6 is 23.1 Å². The molecule has 4 rings (SSSR count). The van der Waals surface area contributed by atoms with E-state index in [4.69, 9.17) is 9.72 Å². The molecular weight excluding hydrogens is 514 g/mol. The maximum atomic E-state index is 13.3. The molecule has 0 unspecified atom stereocenters. The first-order chi connectivity index (χ1) is 18.3. The van der Waals surface area contributed by atoms with Gasteiger partial charge in [-0.2, -0.15) is 5.26 Å². The second-order valence-electron chi connectivity index (χ2n) is 8.54. The molecule has 1 amide bonds. The summed E-state index contributed by atoms with van der Waals surface area (Å²) < 4.78 is 5.21. The number of benzene rings is 2. The third kappa shape index (κ3) is 5.80. The van der Waals surface area contributed by atoms with Gasteiger partial charge in [0.1, 0.15) is 16.1 Å². The minimum Gasteiger partial charge on any atom is -0.462 e. The predicted molar refractivity (Wildman–Crippen MR) is 154 cm³/mol. The van der Waals surface area contributed by atoms with Gasteiger partial charge in [-0.15, -0.1) is 11.3 Å². The van der Waals surface area contributed by atoms with Crippen LogP contribution in [0.5, 0.6) is 0 Å². The fourth-order valence-electron chi connectivity index (χ4n) is 3.92. The highest BCUT2D eigenvalue weighted by molar-refractivity contribution is 8.00. The first-order valence-electron chi connectivity index (χ1n) is 12.1. The second kappa shape index (κ2) is 12.1. The topological polar surface area (TPSA) is 92.1 Å². The lowest BCUT2D eigenvalue weighted by atomic mass is 9.99. The van der Waals surface area contributed by atoms with Gasteiger partial charge in [-0.05, 0) is 44.9 Å². The number of nitriles is 1. The summed E-state index contributed by atoms with van der Waals surface area (Å²) in [5.41, 5.74) is 4.87. The van der Waals surface area contributed by atoms with Gasteiger partial charge in [0.05, 0.1) is 28.7 Å². The van der Waals surface area contributed by atoms with Crippen LogP contribution in [0.3, 0.4) is 0 Å². The predicted octanol–water partition coefficient (Wildman–Crippen LogP) is 7.26. The van der Waals surface area contributed by atoms with Crippen molar-refractivity contribution in [3.63, 3.8) is 0 Å². The minimum atomic E-state index is -0.595. The van der Waals surface area contributed by atoms with Crippen LogP contribution in [0, 0.1) is 25.2 Å². The molecule has 8 heteroatoms. The number of ether oxygens (including phenoxy) is 1. The van der Waals surface area contributed by atoms with Crippen LogP contribution in [0.1, 0.15) is 40.2 Å². The van der Waals surface area contributed by atoms with Crippen molar-refractivity contribution < 1.29 is 14.3 Å². The molecule has 2 heterocycles. The summed E-state index contributed by atoms with van der Waals surface area (Å²) in [6, 6.07) is 23.6. The van der Waals surface area contributed by atoms with Gasteiger partial charge in [-0.1, -0.05) is 72.4 Å². The van der Waals surface area contributed by atoms with E-state index in [0.717, 1.165) is 27.1 Å². The van der Waals surface area contributed by atoms with E-state index in [-0.39, 0.29) is 12.5 Å². The van der Waals surface area contributed by atoms with Gasteiger partial charge >= 0.3 is 5.97 Å². The molecule has 2 aromatic carbocycles. The van der Waals surface area contributed by atoms with Crippen LogP contribution in [0.15, 0.2) is 71.8 Å². The van der Waals surface area contributed by atoms with Gasteiger partial charge in [0, 0.05) is 16.0 Å². The van der Waals surface area contributed by atoms with Crippen LogP contribution < -0.4 is 5.32 Å². The number of aromatic nitrogens is 1. The molecule has 0 aliphatic carbocycles. The van der Waals surface area contributed by atoms with Gasteiger partial charge in [0.2, 0.25) is 5.91 Å². The zero-order valence-electron chi connectivity index (χ0n) is 21.6. The molecule has 38 heavy (non-hydrogen) atoms. The maximum Gasteiger partial charge on any atom is 0.341 e. The molecule has 1 atom stereocenters. The van der Waals surface area contributed by atoms with E-state index < -0.39 is 11.2 Å². The summed E-state index contributed by atoms with van der Waals surface area (Å²) in [4.78, 5) is 31.6. The maximum absolute atomic E-state index is 13.3. The molecule has 0 saturated carbocycles. The van der Waals surface area contributed by atoms with Crippen LogP contribution in [-0.4, -0.2) is 28.7 Å². The van der Waals surface area contributed by atoms with Crippen molar-refractivity contribution in [1.29, 1.82) is 5.26 Å². The highest BCUT2D eigenvalue weighted by Gasteiger charge is 2.26. The lowest BCUT2D eigenvalue weighted by molar-refractivity contribution is -0.115. The van der Waals surface area contributed by atoms with E-state index in [1.807, 2.05) is 80.6 Å². The Morgan fingerprint density at radius 2 is 1.71 bits per heavy atom. The van der Waals surface area contributed by atoms with Crippen LogP contribution in [0.4, 0.5) is 5.00 Å². The molecule has 0 bridgehead atoms. The van der Waals surface area contributed by atoms with Crippen molar-refractivity contribution in [3.05, 3.63) is 88.3 Å². The van der Waals surface area contributed by atoms with Crippen molar-refractivity contribution in [1.82, 2.24) is 4.98 Å². The fraction of sp³-hybridized carbons (Fsp3) is 0.200. The van der Waals surface area contributed by atoms with Gasteiger partial charge in [-0.25, -0.2) is 9.78 Å². The molecule has 2 aromatic heterocycles. The van der Waals surface area contributed by atoms with Crippen molar-refractivity contribution in [3.8, 4) is 28.5 Å². The number of esters is 1. The highest BCUT2D eigenvalue weighted by Crippen LogP contribution is 2.37. The van der Waals surface area contributed by atoms with Gasteiger partial charge in [0.15, 0.2) is 0 Å². The lowest BCUT2D eigenvalue weighted by Crippen LogP contribution is -2.23. The van der Waals surface area contributed by atoms with Crippen molar-refractivity contribution in [2.24, 2.45) is 0 Å². The minimum absolute atomic E-state index is 0.247. The number of nitrogens with one attached hydrogen (secondary N) is 1. The molecule has 0 spiro atoms. The first-order valence-corrected chi connectivity index (χ1v) is 13.8. The number of thiophene rings is 1. The molecule has 0 radical (unpaired) electrons. The number of anilines is 1. The molecule has 1 N–H and O–H groups in total. The van der Waals surface area contributed by atoms with Crippen LogP contribution in [0.2, 0.25) is 0 Å². The van der Waals surface area contributed by atoms with Gasteiger partial charge in [0.25, 0.3) is 0 Å². The summed E-state index contributed by atoms with van der Waals surface area (Å²) in [5, 5.41) is 13.4. The highest BCUT2D eigenvalue weighted by atomic mass is 32.2. The number of amides is 1. The Kier molecular flexibility index (Phi) is 8.62. The zero-order valence-corrected chi connectivity index (χ0v) is 23.2. The third-order valence-electron chi connectivity index (χ3n) is 6.01. The Hall–Kier alpha value is -3.93. The molecule has 6 nitrogen and oxygen atoms in total. The van der Waals surface area contributed by atoms with E-state index >= 15 is 0 Å². The number of nitrogens with zero attached hydrogens (tertiary/aromatic N) is 2. The molecule has 0 fully saturated rings. The SMILES string of the molecule is CCOC(=O)c1c(NC(=O)[C@H](C)Sc2nc(-c3ccccc3)cc(-c3ccccc3)c2C#N)sc(C)c1C. The smallest absolute Gasteiger partial charge is 0.341 e. The number of carbonyl (C=O) groups is 2. The molecule has 0 aliphatic heterocycles. The summed E-state index contributed by atoms with van der Waals surface area (Å²) >= 11 is 2.56. The average molecular weight is 542 g/mol. The lowest BCUT2D eigenvalue weighted by Gasteiger charge is -2.16. The number of carbonyl (C=O) groups excluding carboxylic acids is 2. The fourth-order valence-corrected chi connectivity index (χ4v) is 5.89. The average Bonchev–Trinajstić information content (AvgIpc) is 3.21. The van der Waals surface area contributed by atoms with E-state index in [0.29, 0.717) is 26.8 Å². The second-order valence-corrected chi connectivity index (χ2v) is 11.1. The van der Waals surface area contributed by atoms with Crippen molar-refractivity contribution in [2.75, 3.05) is 11.9 Å². The molecular formula is C30H27N3O3S2. The summed E-state index contributed by atoms with van der Waals surface area (Å²) in [7, 11) is 0. The Bertz CT molecular complexity index is 1510. The zero-order chi connectivity index (χ0) is 27.2. The third-order valence-corrected chi connectivity index (χ3v) is 8.22. The summed E-state index contributed by atoms with van der Waals surface area (Å²) in [6.07, 6.45) is 0. The van der Waals surface area contributed by atoms with E-state index in [1.54, 1.807) is 13.8 Å². The molecule has 0 saturated heterocycles. The number of rotatable bonds is 8. The van der Waals surface area contributed by atoms with Crippen molar-refractivity contribution in [2.45, 2.75) is 38.0 Å². The Balaban J connectivity index is 1.69. The number of aryl methyl sites for hydroxylation is 1. The standard InChI is InChI=1S/C30H27N3O3S2/c1-5-36-30(35)26-18(2)19(3)37-29(26)33-27(34)20(4)38-28-24(17-31)23(21-12-8-6-9-13-21)16-25(32-28)22-14-10-7-11-15-22/h6-16,20H,5H2,1-4H3,(H,33,34)/t20-/m0/s1. The normalized spacial score (nSPS) is 11.4. The molecule has 0 aliphatic rings. The number of hydrogen-bond donors (Lipinski definition) is 1. The van der Waals surface area contributed by atoms with E-state index in [2.05, 4.69) is 11.4 Å². The summed E-state index contributed by atoms with van der Waals surface area (Å²) in [6.45, 7) is 7.50. The van der Waals surface area contributed by atoms with Crippen LogP contribution in [0.25, 0.3) is 22.4 Å². The summed E-state index contributed by atoms with van der Waals surface area (Å²) in [5.74, 6) is -0.750. The number of pyridine rings is 1. The van der Waals surface area contributed by atoms with Crippen LogP contribution in [-0.2, 0) is 9.53 Å². The molecule has 4 aromatic rings. The molecule has 192 valence electrons. The number of thioether (sulfide) groups is 1. The monoisotopic (exact) mass is 541 g/mol. The largest absolute Gasteiger partial charge is 0.462 e. The Labute approximate surface area is 230 Å². The van der Waals surface area contributed by atoms with E-state index in [9.17, 15) is 14.9 Å². The first kappa shape index (κ1) is 27.1. The Morgan fingerprint density at radius 3 is 2.32 bits per heavy atom. The number of hydrogen-bond acceptors (Lipinski definition) is 7. The van der Waals surface area contributed by atoms with Gasteiger partial charge in [-0.3, -0.25) is 4.79 Å². The van der Waals surface area contributed by atoms with Crippen molar-refractivity contribution >= 4 is 40.0 Å².